The third kappa shape index (κ3) is 4.85. The Morgan fingerprint density at radius 3 is 1.31 bits per heavy atom. The molecule has 0 unspecified atom stereocenters. The monoisotopic (exact) mass is 507 g/mol. The molecule has 0 aliphatic rings. The van der Waals surface area contributed by atoms with Crippen LogP contribution < -0.4 is 0 Å². The average Bonchev–Trinajstić information content (AvgIpc) is 2.92. The highest BCUT2D eigenvalue weighted by atomic mass is 35.5. The smallest absolute Gasteiger partial charge is 0.195 e. The molecule has 0 aliphatic carbocycles. The van der Waals surface area contributed by atoms with E-state index >= 15 is 0 Å². The molecule has 5 heteroatoms. The Balaban J connectivity index is 1.82. The molecule has 3 nitrogen and oxygen atoms in total. The van der Waals surface area contributed by atoms with Crippen LogP contribution in [0.5, 0.6) is 0 Å². The van der Waals surface area contributed by atoms with Crippen molar-refractivity contribution in [2.24, 2.45) is 0 Å². The zero-order valence-electron chi connectivity index (χ0n) is 19.0. The van der Waals surface area contributed by atoms with E-state index in [0.717, 1.165) is 0 Å². The highest BCUT2D eigenvalue weighted by molar-refractivity contribution is 6.31. The van der Waals surface area contributed by atoms with Gasteiger partial charge in [0.2, 0.25) is 0 Å². The molecule has 174 valence electrons. The van der Waals surface area contributed by atoms with Crippen LogP contribution in [0.15, 0.2) is 115 Å². The second-order valence-corrected chi connectivity index (χ2v) is 9.06. The van der Waals surface area contributed by atoms with Gasteiger partial charge in [0.15, 0.2) is 11.6 Å². The number of pyridine rings is 1. The lowest BCUT2D eigenvalue weighted by Gasteiger charge is -2.16. The number of hydrogen-bond acceptors (Lipinski definition) is 3. The highest BCUT2D eigenvalue weighted by Gasteiger charge is 2.24. The summed E-state index contributed by atoms with van der Waals surface area (Å²) < 4.78 is 0. The first-order chi connectivity index (χ1) is 17.5. The molecule has 1 aromatic heterocycles. The summed E-state index contributed by atoms with van der Waals surface area (Å²) in [6.45, 7) is 0. The molecular formula is C31H19Cl2NO2. The van der Waals surface area contributed by atoms with Crippen molar-refractivity contribution in [3.05, 3.63) is 148 Å². The van der Waals surface area contributed by atoms with Crippen LogP contribution in [-0.4, -0.2) is 16.6 Å². The molecule has 0 amide bonds. The second kappa shape index (κ2) is 10.3. The van der Waals surface area contributed by atoms with Gasteiger partial charge in [-0.2, -0.15) is 0 Å². The van der Waals surface area contributed by atoms with E-state index in [1.807, 2.05) is 24.3 Å². The first kappa shape index (κ1) is 23.7. The zero-order chi connectivity index (χ0) is 25.1. The van der Waals surface area contributed by atoms with Gasteiger partial charge in [-0.3, -0.25) is 9.59 Å². The van der Waals surface area contributed by atoms with E-state index in [1.54, 1.807) is 91.0 Å². The molecule has 0 N–H and O–H groups in total. The number of hydrogen-bond donors (Lipinski definition) is 0. The van der Waals surface area contributed by atoms with E-state index in [2.05, 4.69) is 0 Å². The number of carbonyl (C=O) groups is 2. The SMILES string of the molecule is O=C(c1ccccc1)c1cc(C(=O)c2ccccc2)c(-c2cccc(Cl)c2)nc1-c1cccc(Cl)c1. The Morgan fingerprint density at radius 2 is 0.917 bits per heavy atom. The molecule has 36 heavy (non-hydrogen) atoms. The largest absolute Gasteiger partial charge is 0.289 e. The number of rotatable bonds is 6. The van der Waals surface area contributed by atoms with Crippen molar-refractivity contribution >= 4 is 34.8 Å². The maximum Gasteiger partial charge on any atom is 0.195 e. The molecule has 0 saturated carbocycles. The summed E-state index contributed by atoms with van der Waals surface area (Å²) in [4.78, 5) is 32.4. The fraction of sp³-hybridized carbons (Fsp3) is 0. The molecule has 0 fully saturated rings. The molecule has 0 saturated heterocycles. The van der Waals surface area contributed by atoms with Gasteiger partial charge in [0, 0.05) is 43.4 Å². The minimum Gasteiger partial charge on any atom is -0.289 e. The van der Waals surface area contributed by atoms with Gasteiger partial charge in [0.05, 0.1) is 11.4 Å². The van der Waals surface area contributed by atoms with Crippen LogP contribution in [0.1, 0.15) is 31.8 Å². The molecule has 0 spiro atoms. The minimum atomic E-state index is -0.238. The van der Waals surface area contributed by atoms with E-state index in [4.69, 9.17) is 28.2 Å². The normalized spacial score (nSPS) is 10.7. The quantitative estimate of drug-likeness (QED) is 0.217. The summed E-state index contributed by atoms with van der Waals surface area (Å²) in [5, 5.41) is 1.03. The van der Waals surface area contributed by atoms with E-state index in [9.17, 15) is 9.59 Å². The molecule has 4 aromatic carbocycles. The number of carbonyl (C=O) groups excluding carboxylic acids is 2. The summed E-state index contributed by atoms with van der Waals surface area (Å²) in [6.07, 6.45) is 0. The Bertz CT molecular complexity index is 1470. The fourth-order valence-electron chi connectivity index (χ4n) is 4.06. The van der Waals surface area contributed by atoms with Crippen molar-refractivity contribution in [1.82, 2.24) is 4.98 Å². The van der Waals surface area contributed by atoms with Crippen molar-refractivity contribution < 1.29 is 9.59 Å². The van der Waals surface area contributed by atoms with Crippen LogP contribution in [0, 0.1) is 0 Å². The lowest BCUT2D eigenvalue weighted by Crippen LogP contribution is -2.12. The summed E-state index contributed by atoms with van der Waals surface area (Å²) in [6, 6.07) is 33.8. The van der Waals surface area contributed by atoms with Crippen LogP contribution >= 0.6 is 23.2 Å². The van der Waals surface area contributed by atoms with Crippen molar-refractivity contribution in [3.63, 3.8) is 0 Å². The molecule has 0 atom stereocenters. The Morgan fingerprint density at radius 1 is 0.500 bits per heavy atom. The van der Waals surface area contributed by atoms with Crippen LogP contribution in [0.2, 0.25) is 10.0 Å². The lowest BCUT2D eigenvalue weighted by atomic mass is 9.91. The number of aromatic nitrogens is 1. The first-order valence-electron chi connectivity index (χ1n) is 11.3. The predicted octanol–water partition coefficient (Wildman–Crippen LogP) is 8.18. The zero-order valence-corrected chi connectivity index (χ0v) is 20.5. The van der Waals surface area contributed by atoms with Crippen molar-refractivity contribution in [2.45, 2.75) is 0 Å². The van der Waals surface area contributed by atoms with Gasteiger partial charge in [-0.15, -0.1) is 0 Å². The standard InChI is InChI=1S/C31H19Cl2NO2/c32-24-15-7-13-22(17-24)28-26(30(35)20-9-3-1-4-10-20)19-27(31(36)21-11-5-2-6-12-21)29(34-28)23-14-8-16-25(33)18-23/h1-19H. The third-order valence-electron chi connectivity index (χ3n) is 5.78. The average molecular weight is 508 g/mol. The molecule has 0 bridgehead atoms. The van der Waals surface area contributed by atoms with Crippen LogP contribution in [0.4, 0.5) is 0 Å². The molecule has 5 aromatic rings. The van der Waals surface area contributed by atoms with Gasteiger partial charge in [-0.1, -0.05) is 108 Å². The summed E-state index contributed by atoms with van der Waals surface area (Å²) in [5.74, 6) is -0.476. The van der Waals surface area contributed by atoms with Crippen molar-refractivity contribution in [2.75, 3.05) is 0 Å². The highest BCUT2D eigenvalue weighted by Crippen LogP contribution is 2.34. The third-order valence-corrected chi connectivity index (χ3v) is 6.25. The second-order valence-electron chi connectivity index (χ2n) is 8.19. The maximum atomic E-state index is 13.7. The number of halogens is 2. The Hall–Kier alpha value is -4.05. The first-order valence-corrected chi connectivity index (χ1v) is 12.0. The summed E-state index contributed by atoms with van der Waals surface area (Å²) in [7, 11) is 0. The van der Waals surface area contributed by atoms with E-state index in [1.165, 1.54) is 0 Å². The Labute approximate surface area is 219 Å². The Kier molecular flexibility index (Phi) is 6.77. The van der Waals surface area contributed by atoms with Gasteiger partial charge in [0.25, 0.3) is 0 Å². The summed E-state index contributed by atoms with van der Waals surface area (Å²) in [5.41, 5.74) is 3.83. The van der Waals surface area contributed by atoms with Gasteiger partial charge in [0.1, 0.15) is 0 Å². The van der Waals surface area contributed by atoms with E-state index in [0.29, 0.717) is 54.8 Å². The minimum absolute atomic E-state index is 0.238. The molecule has 5 rings (SSSR count). The predicted molar refractivity (Wildman–Crippen MR) is 145 cm³/mol. The molecule has 1 heterocycles. The van der Waals surface area contributed by atoms with Crippen molar-refractivity contribution in [1.29, 1.82) is 0 Å². The summed E-state index contributed by atoms with van der Waals surface area (Å²) >= 11 is 12.6. The van der Waals surface area contributed by atoms with Crippen LogP contribution in [0.25, 0.3) is 22.5 Å². The van der Waals surface area contributed by atoms with Gasteiger partial charge >= 0.3 is 0 Å². The van der Waals surface area contributed by atoms with Crippen LogP contribution in [0.3, 0.4) is 0 Å². The fourth-order valence-corrected chi connectivity index (χ4v) is 4.44. The molecular weight excluding hydrogens is 489 g/mol. The van der Waals surface area contributed by atoms with Gasteiger partial charge in [-0.05, 0) is 30.3 Å². The molecule has 0 aliphatic heterocycles. The number of benzene rings is 4. The van der Waals surface area contributed by atoms with Gasteiger partial charge in [-0.25, -0.2) is 4.98 Å². The number of ketones is 2. The van der Waals surface area contributed by atoms with Crippen molar-refractivity contribution in [3.8, 4) is 22.5 Å². The maximum absolute atomic E-state index is 13.7. The topological polar surface area (TPSA) is 47.0 Å². The number of nitrogens with zero attached hydrogens (tertiary/aromatic N) is 1. The molecule has 0 radical (unpaired) electrons. The van der Waals surface area contributed by atoms with E-state index in [-0.39, 0.29) is 11.6 Å². The lowest BCUT2D eigenvalue weighted by molar-refractivity contribution is 0.103. The van der Waals surface area contributed by atoms with Gasteiger partial charge < -0.3 is 0 Å². The van der Waals surface area contributed by atoms with E-state index < -0.39 is 0 Å². The van der Waals surface area contributed by atoms with Crippen LogP contribution in [-0.2, 0) is 0 Å².